The van der Waals surface area contributed by atoms with E-state index >= 15 is 0 Å². The monoisotopic (exact) mass is 294 g/mol. The van der Waals surface area contributed by atoms with Crippen molar-refractivity contribution in [3.05, 3.63) is 28.7 Å². The number of aryl methyl sites for hydroxylation is 1. The zero-order valence-corrected chi connectivity index (χ0v) is 12.7. The highest BCUT2D eigenvalue weighted by atomic mass is 35.5. The van der Waals surface area contributed by atoms with Crippen LogP contribution in [0.3, 0.4) is 0 Å². The fraction of sp³-hybridized carbons (Fsp3) is 0.357. The number of carbonyl (C=O) groups is 1. The highest BCUT2D eigenvalue weighted by molar-refractivity contribution is 7.36. The fourth-order valence-electron chi connectivity index (χ4n) is 2.42. The third kappa shape index (κ3) is 2.58. The number of nitrogens with zero attached hydrogens (tertiary/aromatic N) is 2. The van der Waals surface area contributed by atoms with Crippen LogP contribution in [-0.2, 0) is 6.54 Å². The van der Waals surface area contributed by atoms with Gasteiger partial charge in [0.05, 0.1) is 5.52 Å². The molecule has 0 saturated heterocycles. The van der Waals surface area contributed by atoms with Crippen LogP contribution in [0.1, 0.15) is 35.8 Å². The van der Waals surface area contributed by atoms with Crippen LogP contribution in [0.4, 0.5) is 0 Å². The Hall–Kier alpha value is -1.18. The zero-order valence-electron chi connectivity index (χ0n) is 11.1. The quantitative estimate of drug-likeness (QED) is 0.474. The smallest absolute Gasteiger partial charge is 0.152 e. The topological polar surface area (TPSA) is 34.9 Å². The molecule has 0 radical (unpaired) electrons. The highest BCUT2D eigenvalue weighted by Gasteiger charge is 2.19. The lowest BCUT2D eigenvalue weighted by Crippen LogP contribution is -2.07. The van der Waals surface area contributed by atoms with Gasteiger partial charge in [-0.15, -0.1) is 8.20 Å². The first kappa shape index (κ1) is 14.2. The molecular formula is C14H16ClN2OP. The summed E-state index contributed by atoms with van der Waals surface area (Å²) in [6, 6.07) is 1.83. The van der Waals surface area contributed by atoms with Gasteiger partial charge in [-0.2, -0.15) is 0 Å². The van der Waals surface area contributed by atoms with Gasteiger partial charge in [-0.25, -0.2) is 4.98 Å². The predicted octanol–water partition coefficient (Wildman–Crippen LogP) is 4.00. The van der Waals surface area contributed by atoms with Crippen molar-refractivity contribution in [3.63, 3.8) is 0 Å². The van der Waals surface area contributed by atoms with E-state index in [2.05, 4.69) is 29.7 Å². The molecule has 0 unspecified atom stereocenters. The van der Waals surface area contributed by atoms with E-state index in [0.717, 1.165) is 49.4 Å². The Morgan fingerprint density at radius 1 is 1.58 bits per heavy atom. The summed E-state index contributed by atoms with van der Waals surface area (Å²) in [5, 5.41) is 1.33. The zero-order chi connectivity index (χ0) is 14.0. The normalized spacial score (nSPS) is 11.6. The standard InChI is InChI=1S/C14H16ClN2OP/c1-9(2)14-11(8-18)10-7-16-13(15)6-12(10)17(14)4-5-19-3/h6-9H,3-5H2,1-2H3. The van der Waals surface area contributed by atoms with Crippen LogP contribution < -0.4 is 0 Å². The average Bonchev–Trinajstić information content (AvgIpc) is 2.69. The second kappa shape index (κ2) is 5.85. The number of hydrogen-bond donors (Lipinski definition) is 0. The highest BCUT2D eigenvalue weighted by Crippen LogP contribution is 2.31. The molecule has 0 N–H and O–H groups in total. The number of fused-ring (bicyclic) bond motifs is 1. The molecule has 0 amide bonds. The van der Waals surface area contributed by atoms with E-state index < -0.39 is 0 Å². The van der Waals surface area contributed by atoms with Gasteiger partial charge >= 0.3 is 0 Å². The van der Waals surface area contributed by atoms with Gasteiger partial charge in [0.15, 0.2) is 6.29 Å². The van der Waals surface area contributed by atoms with E-state index in [0.29, 0.717) is 5.15 Å². The molecule has 2 heterocycles. The number of hydrogen-bond acceptors (Lipinski definition) is 2. The molecule has 3 nitrogen and oxygen atoms in total. The SMILES string of the molecule is C=PCCn1c(C(C)C)c(C=O)c2cnc(Cl)cc21. The maximum absolute atomic E-state index is 11.4. The Bertz CT molecular complexity index is 634. The molecule has 2 aromatic heterocycles. The molecule has 0 bridgehead atoms. The first-order chi connectivity index (χ1) is 9.10. The summed E-state index contributed by atoms with van der Waals surface area (Å²) in [5.74, 6) is 0.271. The van der Waals surface area contributed by atoms with Gasteiger partial charge in [-0.05, 0) is 12.0 Å². The van der Waals surface area contributed by atoms with Crippen molar-refractivity contribution in [1.29, 1.82) is 0 Å². The second-order valence-electron chi connectivity index (χ2n) is 4.69. The van der Waals surface area contributed by atoms with Gasteiger partial charge in [-0.3, -0.25) is 4.79 Å². The summed E-state index contributed by atoms with van der Waals surface area (Å²) < 4.78 is 2.18. The van der Waals surface area contributed by atoms with Gasteiger partial charge in [0, 0.05) is 35.5 Å². The van der Waals surface area contributed by atoms with Crippen LogP contribution in [0.5, 0.6) is 0 Å². The van der Waals surface area contributed by atoms with Crippen molar-refractivity contribution in [2.75, 3.05) is 6.16 Å². The van der Waals surface area contributed by atoms with Crippen LogP contribution in [0.15, 0.2) is 12.3 Å². The Morgan fingerprint density at radius 3 is 2.89 bits per heavy atom. The first-order valence-corrected chi connectivity index (χ1v) is 7.79. The minimum absolute atomic E-state index is 0.271. The number of aromatic nitrogens is 2. The number of aldehydes is 1. The molecule has 0 saturated carbocycles. The molecule has 0 fully saturated rings. The second-order valence-corrected chi connectivity index (χ2v) is 5.98. The third-order valence-corrected chi connectivity index (χ3v) is 3.87. The summed E-state index contributed by atoms with van der Waals surface area (Å²) in [6.45, 7) is 5.02. The van der Waals surface area contributed by atoms with Crippen molar-refractivity contribution in [2.45, 2.75) is 26.3 Å². The fourth-order valence-corrected chi connectivity index (χ4v) is 2.92. The summed E-state index contributed by atoms with van der Waals surface area (Å²) in [6.07, 6.45) is 7.41. The van der Waals surface area contributed by atoms with Crippen molar-refractivity contribution >= 4 is 43.3 Å². The molecule has 2 aromatic rings. The largest absolute Gasteiger partial charge is 0.343 e. The number of pyridine rings is 1. The van der Waals surface area contributed by atoms with E-state index in [9.17, 15) is 4.79 Å². The van der Waals surface area contributed by atoms with E-state index in [1.807, 2.05) is 6.07 Å². The van der Waals surface area contributed by atoms with Crippen molar-refractivity contribution in [3.8, 4) is 0 Å². The molecule has 0 aliphatic rings. The summed E-state index contributed by atoms with van der Waals surface area (Å²) in [7, 11) is 1.09. The number of halogens is 1. The van der Waals surface area contributed by atoms with Crippen molar-refractivity contribution in [2.24, 2.45) is 0 Å². The van der Waals surface area contributed by atoms with Crippen LogP contribution in [0.2, 0.25) is 5.15 Å². The van der Waals surface area contributed by atoms with E-state index in [1.165, 1.54) is 0 Å². The lowest BCUT2D eigenvalue weighted by Gasteiger charge is -2.12. The maximum Gasteiger partial charge on any atom is 0.152 e. The Morgan fingerprint density at radius 2 is 2.32 bits per heavy atom. The Kier molecular flexibility index (Phi) is 4.38. The van der Waals surface area contributed by atoms with Crippen molar-refractivity contribution in [1.82, 2.24) is 9.55 Å². The van der Waals surface area contributed by atoms with Gasteiger partial charge < -0.3 is 4.57 Å². The predicted molar refractivity (Wildman–Crippen MR) is 83.1 cm³/mol. The van der Waals surface area contributed by atoms with Gasteiger partial charge in [0.2, 0.25) is 0 Å². The molecule has 5 heteroatoms. The minimum atomic E-state index is 0.271. The summed E-state index contributed by atoms with van der Waals surface area (Å²) in [5.41, 5.74) is 2.77. The first-order valence-electron chi connectivity index (χ1n) is 6.15. The van der Waals surface area contributed by atoms with E-state index in [1.54, 1.807) is 6.20 Å². The lowest BCUT2D eigenvalue weighted by molar-refractivity contribution is 0.112. The lowest BCUT2D eigenvalue weighted by atomic mass is 10.1. The van der Waals surface area contributed by atoms with Crippen LogP contribution in [-0.4, -0.2) is 28.3 Å². The van der Waals surface area contributed by atoms with Gasteiger partial charge in [0.25, 0.3) is 0 Å². The molecule has 19 heavy (non-hydrogen) atoms. The molecule has 0 aliphatic carbocycles. The molecule has 0 spiro atoms. The molecule has 2 rings (SSSR count). The number of rotatable bonds is 5. The molecule has 0 aromatic carbocycles. The Balaban J connectivity index is 2.78. The molecule has 100 valence electrons. The van der Waals surface area contributed by atoms with E-state index in [-0.39, 0.29) is 5.92 Å². The minimum Gasteiger partial charge on any atom is -0.343 e. The molecular weight excluding hydrogens is 279 g/mol. The van der Waals surface area contributed by atoms with Crippen molar-refractivity contribution < 1.29 is 4.79 Å². The summed E-state index contributed by atoms with van der Waals surface area (Å²) in [4.78, 5) is 15.5. The van der Waals surface area contributed by atoms with Crippen LogP contribution >= 0.6 is 19.8 Å². The molecule has 0 aliphatic heterocycles. The van der Waals surface area contributed by atoms with Crippen LogP contribution in [0, 0.1) is 0 Å². The van der Waals surface area contributed by atoms with Crippen LogP contribution in [0.25, 0.3) is 10.9 Å². The van der Waals surface area contributed by atoms with Gasteiger partial charge in [0.1, 0.15) is 5.15 Å². The van der Waals surface area contributed by atoms with E-state index in [4.69, 9.17) is 11.6 Å². The summed E-state index contributed by atoms with van der Waals surface area (Å²) >= 11 is 5.98. The Labute approximate surface area is 119 Å². The maximum atomic E-state index is 11.4. The number of carbonyl (C=O) groups excluding carboxylic acids is 1. The molecule has 0 atom stereocenters. The average molecular weight is 295 g/mol. The third-order valence-electron chi connectivity index (χ3n) is 3.14. The van der Waals surface area contributed by atoms with Gasteiger partial charge in [-0.1, -0.05) is 31.7 Å².